The second kappa shape index (κ2) is 5.47. The number of hydrogen-bond acceptors (Lipinski definition) is 0. The molecule has 0 saturated heterocycles. The minimum Gasteiger partial charge on any atom is -0.103 e. The molecule has 76 valence electrons. The van der Waals surface area contributed by atoms with E-state index in [-0.39, 0.29) is 0 Å². The molecule has 0 aliphatic heterocycles. The van der Waals surface area contributed by atoms with Crippen molar-refractivity contribution in [2.45, 2.75) is 64.7 Å². The van der Waals surface area contributed by atoms with E-state index in [1.807, 2.05) is 0 Å². The Morgan fingerprint density at radius 2 is 1.85 bits per heavy atom. The summed E-state index contributed by atoms with van der Waals surface area (Å²) in [5.41, 5.74) is 0.535. The molecule has 1 rings (SSSR count). The molecule has 1 fully saturated rings. The fourth-order valence-corrected chi connectivity index (χ4v) is 2.54. The van der Waals surface area contributed by atoms with Gasteiger partial charge in [0, 0.05) is 0 Å². The van der Waals surface area contributed by atoms with Crippen molar-refractivity contribution in [3.05, 3.63) is 12.7 Å². The summed E-state index contributed by atoms with van der Waals surface area (Å²) in [5, 5.41) is 0. The quantitative estimate of drug-likeness (QED) is 0.425. The van der Waals surface area contributed by atoms with Gasteiger partial charge in [0.15, 0.2) is 0 Å². The Kier molecular flexibility index (Phi) is 4.55. The molecule has 0 aromatic rings. The summed E-state index contributed by atoms with van der Waals surface area (Å²) in [7, 11) is 0. The van der Waals surface area contributed by atoms with Crippen molar-refractivity contribution in [1.29, 1.82) is 0 Å². The van der Waals surface area contributed by atoms with Crippen LogP contribution >= 0.6 is 0 Å². The van der Waals surface area contributed by atoms with Crippen LogP contribution in [-0.4, -0.2) is 0 Å². The molecular formula is C13H24. The molecule has 0 heterocycles. The largest absolute Gasteiger partial charge is 0.103 e. The number of allylic oxidation sites excluding steroid dienone is 1. The zero-order chi connectivity index (χ0) is 9.57. The summed E-state index contributed by atoms with van der Waals surface area (Å²) in [5.74, 6) is 0. The van der Waals surface area contributed by atoms with E-state index >= 15 is 0 Å². The second-order valence-corrected chi connectivity index (χ2v) is 4.58. The van der Waals surface area contributed by atoms with Crippen LogP contribution in [0.3, 0.4) is 0 Å². The third kappa shape index (κ3) is 3.17. The molecule has 13 heavy (non-hydrogen) atoms. The van der Waals surface area contributed by atoms with E-state index in [1.165, 1.54) is 57.8 Å². The average molecular weight is 180 g/mol. The first-order chi connectivity index (χ1) is 6.33. The predicted molar refractivity (Wildman–Crippen MR) is 59.9 cm³/mol. The first-order valence-corrected chi connectivity index (χ1v) is 5.96. The van der Waals surface area contributed by atoms with Crippen LogP contribution in [0, 0.1) is 5.41 Å². The van der Waals surface area contributed by atoms with E-state index in [0.29, 0.717) is 5.41 Å². The lowest BCUT2D eigenvalue weighted by molar-refractivity contribution is 0.232. The summed E-state index contributed by atoms with van der Waals surface area (Å²) >= 11 is 0. The van der Waals surface area contributed by atoms with Crippen LogP contribution in [-0.2, 0) is 0 Å². The molecule has 0 heteroatoms. The topological polar surface area (TPSA) is 0 Å². The normalized spacial score (nSPS) is 21.3. The van der Waals surface area contributed by atoms with Crippen LogP contribution in [0.25, 0.3) is 0 Å². The lowest BCUT2D eigenvalue weighted by Gasteiger charge is -2.34. The maximum Gasteiger partial charge on any atom is -0.0121 e. The van der Waals surface area contributed by atoms with Gasteiger partial charge in [0.25, 0.3) is 0 Å². The Morgan fingerprint density at radius 3 is 2.38 bits per heavy atom. The van der Waals surface area contributed by atoms with E-state index in [2.05, 4.69) is 19.6 Å². The van der Waals surface area contributed by atoms with Gasteiger partial charge in [-0.2, -0.15) is 0 Å². The molecule has 0 amide bonds. The monoisotopic (exact) mass is 180 g/mol. The van der Waals surface area contributed by atoms with Gasteiger partial charge >= 0.3 is 0 Å². The highest BCUT2D eigenvalue weighted by molar-refractivity contribution is 4.96. The minimum absolute atomic E-state index is 0.535. The first kappa shape index (κ1) is 10.8. The first-order valence-electron chi connectivity index (χ1n) is 5.96. The minimum atomic E-state index is 0.535. The molecule has 1 aliphatic rings. The summed E-state index contributed by atoms with van der Waals surface area (Å²) < 4.78 is 0. The highest BCUT2D eigenvalue weighted by Crippen LogP contribution is 2.41. The maximum atomic E-state index is 4.04. The van der Waals surface area contributed by atoms with Gasteiger partial charge < -0.3 is 0 Å². The lowest BCUT2D eigenvalue weighted by atomic mass is 9.71. The number of hydrogen-bond donors (Lipinski definition) is 0. The van der Waals surface area contributed by atoms with Crippen LogP contribution in [0.1, 0.15) is 64.7 Å². The van der Waals surface area contributed by atoms with Crippen LogP contribution in [0.15, 0.2) is 12.7 Å². The van der Waals surface area contributed by atoms with Gasteiger partial charge in [-0.1, -0.05) is 51.5 Å². The lowest BCUT2D eigenvalue weighted by Crippen LogP contribution is -2.21. The van der Waals surface area contributed by atoms with Gasteiger partial charge in [0.05, 0.1) is 0 Å². The molecule has 0 aromatic heterocycles. The van der Waals surface area contributed by atoms with E-state index in [0.717, 1.165) is 0 Å². The maximum absolute atomic E-state index is 4.04. The Labute approximate surface area is 83.4 Å². The summed E-state index contributed by atoms with van der Waals surface area (Å²) in [6.45, 7) is 6.31. The summed E-state index contributed by atoms with van der Waals surface area (Å²) in [6, 6.07) is 0. The van der Waals surface area contributed by atoms with E-state index < -0.39 is 0 Å². The molecule has 0 atom stereocenters. The van der Waals surface area contributed by atoms with Crippen LogP contribution in [0.5, 0.6) is 0 Å². The number of unbranched alkanes of at least 4 members (excludes halogenated alkanes) is 2. The third-order valence-electron chi connectivity index (χ3n) is 3.56. The Hall–Kier alpha value is -0.260. The molecule has 1 saturated carbocycles. The van der Waals surface area contributed by atoms with Gasteiger partial charge in [-0.25, -0.2) is 0 Å². The Balaban J connectivity index is 2.33. The van der Waals surface area contributed by atoms with E-state index in [9.17, 15) is 0 Å². The highest BCUT2D eigenvalue weighted by Gasteiger charge is 2.27. The van der Waals surface area contributed by atoms with Gasteiger partial charge in [0.2, 0.25) is 0 Å². The van der Waals surface area contributed by atoms with Gasteiger partial charge in [-0.15, -0.1) is 6.58 Å². The Bertz CT molecular complexity index is 140. The predicted octanol–water partition coefficient (Wildman–Crippen LogP) is 4.70. The molecular weight excluding hydrogens is 156 g/mol. The molecule has 0 unspecified atom stereocenters. The van der Waals surface area contributed by atoms with Crippen molar-refractivity contribution in [2.24, 2.45) is 5.41 Å². The molecule has 0 N–H and O–H groups in total. The zero-order valence-electron chi connectivity index (χ0n) is 9.15. The molecule has 1 aliphatic carbocycles. The van der Waals surface area contributed by atoms with Crippen molar-refractivity contribution in [3.8, 4) is 0 Å². The van der Waals surface area contributed by atoms with Crippen molar-refractivity contribution in [1.82, 2.24) is 0 Å². The van der Waals surface area contributed by atoms with Crippen LogP contribution < -0.4 is 0 Å². The van der Waals surface area contributed by atoms with Gasteiger partial charge in [0.1, 0.15) is 0 Å². The average Bonchev–Trinajstić information content (AvgIpc) is 2.20. The van der Waals surface area contributed by atoms with Crippen molar-refractivity contribution >= 4 is 0 Å². The molecule has 0 spiro atoms. The van der Waals surface area contributed by atoms with E-state index in [4.69, 9.17) is 0 Å². The zero-order valence-corrected chi connectivity index (χ0v) is 9.15. The SMILES string of the molecule is C=CC1(CCCCC)CCCCC1. The molecule has 0 radical (unpaired) electrons. The van der Waals surface area contributed by atoms with Gasteiger partial charge in [-0.3, -0.25) is 0 Å². The van der Waals surface area contributed by atoms with E-state index in [1.54, 1.807) is 0 Å². The highest BCUT2D eigenvalue weighted by atomic mass is 14.3. The fraction of sp³-hybridized carbons (Fsp3) is 0.846. The molecule has 0 aromatic carbocycles. The third-order valence-corrected chi connectivity index (χ3v) is 3.56. The van der Waals surface area contributed by atoms with Crippen molar-refractivity contribution in [2.75, 3.05) is 0 Å². The summed E-state index contributed by atoms with van der Waals surface area (Å²) in [4.78, 5) is 0. The van der Waals surface area contributed by atoms with Crippen molar-refractivity contribution in [3.63, 3.8) is 0 Å². The van der Waals surface area contributed by atoms with Gasteiger partial charge in [-0.05, 0) is 24.7 Å². The summed E-state index contributed by atoms with van der Waals surface area (Å²) in [6.07, 6.45) is 14.9. The van der Waals surface area contributed by atoms with Crippen LogP contribution in [0.2, 0.25) is 0 Å². The van der Waals surface area contributed by atoms with Crippen molar-refractivity contribution < 1.29 is 0 Å². The fourth-order valence-electron chi connectivity index (χ4n) is 2.54. The molecule has 0 nitrogen and oxygen atoms in total. The molecule has 0 bridgehead atoms. The number of rotatable bonds is 5. The standard InChI is InChI=1S/C13H24/c1-3-5-7-10-13(4-2)11-8-6-9-12-13/h4H,2-3,5-12H2,1H3. The second-order valence-electron chi connectivity index (χ2n) is 4.58. The smallest absolute Gasteiger partial charge is 0.0121 e. The van der Waals surface area contributed by atoms with Crippen LogP contribution in [0.4, 0.5) is 0 Å². The Morgan fingerprint density at radius 1 is 1.15 bits per heavy atom.